The molecule has 1 aromatic carbocycles. The van der Waals surface area contributed by atoms with Crippen molar-refractivity contribution in [3.63, 3.8) is 0 Å². The number of benzene rings is 1. The van der Waals surface area contributed by atoms with E-state index in [0.717, 1.165) is 13.0 Å². The predicted octanol–water partition coefficient (Wildman–Crippen LogP) is 3.30. The van der Waals surface area contributed by atoms with Crippen molar-refractivity contribution >= 4 is 6.01 Å². The molecule has 0 saturated carbocycles. The third-order valence-corrected chi connectivity index (χ3v) is 3.23. The molecule has 2 atom stereocenters. The SMILES string of the molecule is CCNC(C)c1nnc(NC(CC)c2ccccc2)o1. The van der Waals surface area contributed by atoms with Gasteiger partial charge in [-0.1, -0.05) is 49.3 Å². The minimum absolute atomic E-state index is 0.0693. The van der Waals surface area contributed by atoms with Gasteiger partial charge in [0.1, 0.15) is 0 Å². The fourth-order valence-corrected chi connectivity index (χ4v) is 2.12. The molecule has 0 saturated heterocycles. The Morgan fingerprint density at radius 1 is 1.15 bits per heavy atom. The van der Waals surface area contributed by atoms with Crippen LogP contribution < -0.4 is 10.6 Å². The number of anilines is 1. The van der Waals surface area contributed by atoms with Crippen LogP contribution in [0.3, 0.4) is 0 Å². The maximum absolute atomic E-state index is 5.66. The Labute approximate surface area is 119 Å². The Morgan fingerprint density at radius 2 is 1.90 bits per heavy atom. The van der Waals surface area contributed by atoms with Gasteiger partial charge in [-0.2, -0.15) is 0 Å². The number of nitrogens with one attached hydrogen (secondary N) is 2. The second-order valence-electron chi connectivity index (χ2n) is 4.74. The van der Waals surface area contributed by atoms with Gasteiger partial charge < -0.3 is 15.1 Å². The zero-order valence-corrected chi connectivity index (χ0v) is 12.3. The zero-order valence-electron chi connectivity index (χ0n) is 12.3. The lowest BCUT2D eigenvalue weighted by Crippen LogP contribution is -2.17. The van der Waals surface area contributed by atoms with E-state index >= 15 is 0 Å². The molecule has 5 nitrogen and oxygen atoms in total. The highest BCUT2D eigenvalue weighted by Crippen LogP contribution is 2.22. The van der Waals surface area contributed by atoms with E-state index in [9.17, 15) is 0 Å². The van der Waals surface area contributed by atoms with E-state index in [4.69, 9.17) is 4.42 Å². The predicted molar refractivity (Wildman–Crippen MR) is 79.5 cm³/mol. The average molecular weight is 274 g/mol. The van der Waals surface area contributed by atoms with Crippen molar-refractivity contribution in [2.45, 2.75) is 39.3 Å². The topological polar surface area (TPSA) is 63.0 Å². The van der Waals surface area contributed by atoms with Crippen LogP contribution in [0.25, 0.3) is 0 Å². The highest BCUT2D eigenvalue weighted by Gasteiger charge is 2.15. The maximum Gasteiger partial charge on any atom is 0.316 e. The largest absolute Gasteiger partial charge is 0.406 e. The second kappa shape index (κ2) is 7.05. The lowest BCUT2D eigenvalue weighted by atomic mass is 10.1. The number of hydrogen-bond donors (Lipinski definition) is 2. The summed E-state index contributed by atoms with van der Waals surface area (Å²) in [6.45, 7) is 7.06. The smallest absolute Gasteiger partial charge is 0.316 e. The van der Waals surface area contributed by atoms with Gasteiger partial charge in [-0.15, -0.1) is 5.10 Å². The van der Waals surface area contributed by atoms with E-state index < -0.39 is 0 Å². The molecule has 2 aromatic rings. The highest BCUT2D eigenvalue weighted by atomic mass is 16.4. The molecule has 1 heterocycles. The molecule has 20 heavy (non-hydrogen) atoms. The van der Waals surface area contributed by atoms with Crippen LogP contribution >= 0.6 is 0 Å². The summed E-state index contributed by atoms with van der Waals surface area (Å²) in [5, 5.41) is 14.7. The van der Waals surface area contributed by atoms with Crippen LogP contribution in [0.4, 0.5) is 6.01 Å². The van der Waals surface area contributed by atoms with Crippen LogP contribution in [0, 0.1) is 0 Å². The van der Waals surface area contributed by atoms with Crippen LogP contribution in [-0.4, -0.2) is 16.7 Å². The molecule has 5 heteroatoms. The van der Waals surface area contributed by atoms with Crippen LogP contribution in [0.15, 0.2) is 34.7 Å². The molecule has 0 spiro atoms. The van der Waals surface area contributed by atoms with Crippen LogP contribution in [0.1, 0.15) is 50.7 Å². The van der Waals surface area contributed by atoms with Gasteiger partial charge in [0, 0.05) is 0 Å². The Hall–Kier alpha value is -1.88. The molecule has 2 N–H and O–H groups in total. The second-order valence-corrected chi connectivity index (χ2v) is 4.74. The minimum Gasteiger partial charge on any atom is -0.406 e. The maximum atomic E-state index is 5.66. The van der Waals surface area contributed by atoms with Crippen molar-refractivity contribution in [1.29, 1.82) is 0 Å². The number of aromatic nitrogens is 2. The first-order valence-corrected chi connectivity index (χ1v) is 7.12. The lowest BCUT2D eigenvalue weighted by Gasteiger charge is -2.15. The Bertz CT molecular complexity index is 512. The number of rotatable bonds is 7. The first-order valence-electron chi connectivity index (χ1n) is 7.12. The molecule has 0 fully saturated rings. The van der Waals surface area contributed by atoms with Gasteiger partial charge in [-0.05, 0) is 25.5 Å². The standard InChI is InChI=1S/C15H22N4O/c1-4-13(12-9-7-6-8-10-12)17-15-19-18-14(20-15)11(3)16-5-2/h6-11,13,16H,4-5H2,1-3H3,(H,17,19). The van der Waals surface area contributed by atoms with Gasteiger partial charge in [0.05, 0.1) is 12.1 Å². The molecule has 0 amide bonds. The van der Waals surface area contributed by atoms with E-state index in [1.54, 1.807) is 0 Å². The Balaban J connectivity index is 2.05. The molecular formula is C15H22N4O. The third-order valence-electron chi connectivity index (χ3n) is 3.23. The van der Waals surface area contributed by atoms with Gasteiger partial charge in [0.2, 0.25) is 5.89 Å². The summed E-state index contributed by atoms with van der Waals surface area (Å²) in [5.41, 5.74) is 1.22. The summed E-state index contributed by atoms with van der Waals surface area (Å²) in [5.74, 6) is 0.609. The molecule has 2 rings (SSSR count). The van der Waals surface area contributed by atoms with Gasteiger partial charge >= 0.3 is 6.01 Å². The molecule has 0 aliphatic carbocycles. The fourth-order valence-electron chi connectivity index (χ4n) is 2.12. The van der Waals surface area contributed by atoms with Crippen LogP contribution in [-0.2, 0) is 0 Å². The molecule has 2 unspecified atom stereocenters. The molecule has 0 aliphatic heterocycles. The fraction of sp³-hybridized carbons (Fsp3) is 0.467. The van der Waals surface area contributed by atoms with E-state index in [1.165, 1.54) is 5.56 Å². The van der Waals surface area contributed by atoms with E-state index in [1.807, 2.05) is 25.1 Å². The summed E-state index contributed by atoms with van der Waals surface area (Å²) in [6.07, 6.45) is 0.949. The Morgan fingerprint density at radius 3 is 2.55 bits per heavy atom. The quantitative estimate of drug-likeness (QED) is 0.811. The zero-order chi connectivity index (χ0) is 14.4. The van der Waals surface area contributed by atoms with Crippen molar-refractivity contribution in [1.82, 2.24) is 15.5 Å². The van der Waals surface area contributed by atoms with E-state index in [0.29, 0.717) is 11.9 Å². The van der Waals surface area contributed by atoms with E-state index in [2.05, 4.69) is 46.8 Å². The van der Waals surface area contributed by atoms with Crippen molar-refractivity contribution in [3.8, 4) is 0 Å². The average Bonchev–Trinajstić information content (AvgIpc) is 2.94. The lowest BCUT2D eigenvalue weighted by molar-refractivity contribution is 0.426. The minimum atomic E-state index is 0.0693. The third kappa shape index (κ3) is 3.57. The molecular weight excluding hydrogens is 252 g/mol. The van der Waals surface area contributed by atoms with Gasteiger partial charge in [-0.25, -0.2) is 0 Å². The van der Waals surface area contributed by atoms with Crippen molar-refractivity contribution in [3.05, 3.63) is 41.8 Å². The monoisotopic (exact) mass is 274 g/mol. The molecule has 108 valence electrons. The molecule has 1 aromatic heterocycles. The Kier molecular flexibility index (Phi) is 5.12. The van der Waals surface area contributed by atoms with Crippen molar-refractivity contribution < 1.29 is 4.42 Å². The molecule has 0 radical (unpaired) electrons. The first kappa shape index (κ1) is 14.5. The van der Waals surface area contributed by atoms with Crippen molar-refractivity contribution in [2.75, 3.05) is 11.9 Å². The summed E-state index contributed by atoms with van der Waals surface area (Å²) in [7, 11) is 0. The van der Waals surface area contributed by atoms with Crippen LogP contribution in [0.2, 0.25) is 0 Å². The normalized spacial score (nSPS) is 13.9. The summed E-state index contributed by atoms with van der Waals surface area (Å²) < 4.78 is 5.66. The number of nitrogens with zero attached hydrogens (tertiary/aromatic N) is 2. The first-order chi connectivity index (χ1) is 9.74. The molecule has 0 bridgehead atoms. The van der Waals surface area contributed by atoms with Gasteiger partial charge in [0.15, 0.2) is 0 Å². The summed E-state index contributed by atoms with van der Waals surface area (Å²) >= 11 is 0. The summed E-state index contributed by atoms with van der Waals surface area (Å²) in [4.78, 5) is 0. The number of hydrogen-bond acceptors (Lipinski definition) is 5. The molecule has 0 aliphatic rings. The van der Waals surface area contributed by atoms with E-state index in [-0.39, 0.29) is 12.1 Å². The summed E-state index contributed by atoms with van der Waals surface area (Å²) in [6, 6.07) is 11.0. The van der Waals surface area contributed by atoms with Crippen molar-refractivity contribution in [2.24, 2.45) is 0 Å². The van der Waals surface area contributed by atoms with Crippen LogP contribution in [0.5, 0.6) is 0 Å². The highest BCUT2D eigenvalue weighted by molar-refractivity contribution is 5.29. The van der Waals surface area contributed by atoms with Gasteiger partial charge in [0.25, 0.3) is 0 Å². The van der Waals surface area contributed by atoms with Gasteiger partial charge in [-0.3, -0.25) is 0 Å².